The third-order valence-corrected chi connectivity index (χ3v) is 2.50. The summed E-state index contributed by atoms with van der Waals surface area (Å²) in [6, 6.07) is 4.18. The summed E-state index contributed by atoms with van der Waals surface area (Å²) >= 11 is 0. The number of hydrogen-bond donors (Lipinski definition) is 4. The molecule has 0 fully saturated rings. The number of aliphatic carboxylic acids is 1. The quantitative estimate of drug-likeness (QED) is 0.614. The average molecular weight is 221 g/mol. The standard InChI is InChI=1S/C11H12N2O3/c12-9(11(15)16)3-6-5-13-10-2-1-7(14)4-8(6)10/h1-2,4-5,9,13-14H,3,12H2,(H,15,16)/i/hD. The summed E-state index contributed by atoms with van der Waals surface area (Å²) in [6.07, 6.45) is 1.96. The number of carboxylic acids is 1. The summed E-state index contributed by atoms with van der Waals surface area (Å²) in [7, 11) is 0. The van der Waals surface area contributed by atoms with Crippen LogP contribution in [0.15, 0.2) is 24.4 Å². The largest absolute Gasteiger partial charge is 0.508 e. The Hall–Kier alpha value is -2.01. The Morgan fingerprint density at radius 3 is 3.12 bits per heavy atom. The van der Waals surface area contributed by atoms with Crippen molar-refractivity contribution in [2.24, 2.45) is 5.73 Å². The van der Waals surface area contributed by atoms with Crippen LogP contribution in [0.1, 0.15) is 5.56 Å². The number of nitrogens with one attached hydrogen (secondary N) is 1. The maximum Gasteiger partial charge on any atom is 0.320 e. The van der Waals surface area contributed by atoms with Gasteiger partial charge in [0.25, 0.3) is 1.43 Å². The zero-order chi connectivity index (χ0) is 12.4. The van der Waals surface area contributed by atoms with Crippen LogP contribution in [0.5, 0.6) is 5.75 Å². The van der Waals surface area contributed by atoms with E-state index in [1.807, 2.05) is 0 Å². The first-order valence-electron chi connectivity index (χ1n) is 5.24. The Balaban J connectivity index is 2.37. The van der Waals surface area contributed by atoms with Crippen molar-refractivity contribution in [3.8, 4) is 5.75 Å². The average Bonchev–Trinajstić information content (AvgIpc) is 2.71. The third kappa shape index (κ3) is 1.85. The van der Waals surface area contributed by atoms with Crippen LogP contribution in [0.25, 0.3) is 10.9 Å². The molecule has 1 aromatic heterocycles. The lowest BCUT2D eigenvalue weighted by molar-refractivity contribution is -0.138. The summed E-state index contributed by atoms with van der Waals surface area (Å²) in [4.78, 5) is 13.7. The Labute approximate surface area is 93.0 Å². The van der Waals surface area contributed by atoms with Crippen molar-refractivity contribution in [3.05, 3.63) is 30.0 Å². The number of aromatic amines is 1. The third-order valence-electron chi connectivity index (χ3n) is 2.50. The van der Waals surface area contributed by atoms with Crippen molar-refractivity contribution in [3.63, 3.8) is 0 Å². The van der Waals surface area contributed by atoms with Crippen LogP contribution in [0.4, 0.5) is 0 Å². The van der Waals surface area contributed by atoms with Gasteiger partial charge >= 0.3 is 5.97 Å². The molecule has 5 N–H and O–H groups in total. The molecular formula is C11H12N2O3. The van der Waals surface area contributed by atoms with E-state index in [9.17, 15) is 4.79 Å². The first kappa shape index (κ1) is 9.23. The number of benzene rings is 1. The molecule has 84 valence electrons. The Morgan fingerprint density at radius 2 is 2.44 bits per heavy atom. The lowest BCUT2D eigenvalue weighted by Crippen LogP contribution is -2.32. The van der Waals surface area contributed by atoms with E-state index in [1.165, 1.54) is 0 Å². The lowest BCUT2D eigenvalue weighted by Gasteiger charge is -2.04. The summed E-state index contributed by atoms with van der Waals surface area (Å²) < 4.78 is 6.82. The second-order valence-corrected chi connectivity index (χ2v) is 3.67. The molecule has 1 atom stereocenters. The predicted octanol–water partition coefficient (Wildman–Crippen LogP) is 0.828. The van der Waals surface area contributed by atoms with Gasteiger partial charge in [-0.3, -0.25) is 4.79 Å². The number of aromatic hydroxyl groups is 1. The number of carboxylic acid groups (broad SMARTS) is 1. The van der Waals surface area contributed by atoms with Gasteiger partial charge in [0.05, 0.1) is 0 Å². The van der Waals surface area contributed by atoms with Crippen LogP contribution in [-0.2, 0) is 11.2 Å². The molecule has 5 nitrogen and oxygen atoms in total. The van der Waals surface area contributed by atoms with E-state index in [0.29, 0.717) is 5.75 Å². The Bertz CT molecular complexity index is 553. The molecule has 1 unspecified atom stereocenters. The minimum absolute atomic E-state index is 0.233. The zero-order valence-electron chi connectivity index (χ0n) is 9.43. The predicted molar refractivity (Wildman–Crippen MR) is 59.3 cm³/mol. The number of carbonyl (C=O) groups is 1. The molecule has 0 bridgehead atoms. The van der Waals surface area contributed by atoms with Gasteiger partial charge in [-0.2, -0.15) is 0 Å². The van der Waals surface area contributed by atoms with Crippen molar-refractivity contribution in [1.82, 2.24) is 4.98 Å². The number of fused-ring (bicyclic) bond motifs is 1. The van der Waals surface area contributed by atoms with Crippen molar-refractivity contribution in [1.29, 1.82) is 1.43 Å². The molecule has 1 aromatic carbocycles. The molecule has 0 saturated heterocycles. The van der Waals surface area contributed by atoms with Gasteiger partial charge in [-0.25, -0.2) is 0 Å². The SMILES string of the molecule is [2H]Oc1ccc2[nH]cc(CC(N)C(=O)O)c2c1. The minimum Gasteiger partial charge on any atom is -0.508 e. The molecule has 0 saturated carbocycles. The highest BCUT2D eigenvalue weighted by Crippen LogP contribution is 2.23. The van der Waals surface area contributed by atoms with Gasteiger partial charge in [0.15, 0.2) is 0 Å². The van der Waals surface area contributed by atoms with E-state index >= 15 is 0 Å². The van der Waals surface area contributed by atoms with Crippen LogP contribution in [0.2, 0.25) is 0 Å². The number of phenols is 1. The molecule has 16 heavy (non-hydrogen) atoms. The van der Waals surface area contributed by atoms with Crippen molar-refractivity contribution < 1.29 is 15.0 Å². The number of aromatic nitrogens is 1. The molecule has 0 amide bonds. The lowest BCUT2D eigenvalue weighted by atomic mass is 10.1. The number of H-pyrrole nitrogens is 1. The molecule has 0 aliphatic rings. The topological polar surface area (TPSA) is 99.3 Å². The molecule has 0 spiro atoms. The van der Waals surface area contributed by atoms with E-state index in [4.69, 9.17) is 12.3 Å². The fraction of sp³-hybridized carbons (Fsp3) is 0.182. The summed E-state index contributed by atoms with van der Waals surface area (Å²) in [6.45, 7) is 0. The van der Waals surface area contributed by atoms with Crippen molar-refractivity contribution in [2.75, 3.05) is 0 Å². The van der Waals surface area contributed by atoms with Gasteiger partial charge < -0.3 is 20.9 Å². The summed E-state index contributed by atoms with van der Waals surface area (Å²) in [5.74, 6) is -0.630. The Kier molecular flexibility index (Phi) is 2.23. The van der Waals surface area contributed by atoms with E-state index in [2.05, 4.69) is 10.1 Å². The van der Waals surface area contributed by atoms with Gasteiger partial charge in [-0.1, -0.05) is 0 Å². The number of nitrogens with two attached hydrogens (primary N) is 1. The monoisotopic (exact) mass is 221 g/mol. The molecule has 2 rings (SSSR count). The second kappa shape index (κ2) is 3.86. The number of hydrogen-bond acceptors (Lipinski definition) is 3. The van der Waals surface area contributed by atoms with Crippen LogP contribution in [0, 0.1) is 0 Å². The summed E-state index contributed by atoms with van der Waals surface area (Å²) in [5, 5.41) is 14.0. The van der Waals surface area contributed by atoms with E-state index < -0.39 is 12.0 Å². The number of phenolic OH excluding ortho intramolecular Hbond substituents is 1. The van der Waals surface area contributed by atoms with Crippen LogP contribution in [-0.4, -0.2) is 28.6 Å². The number of rotatable bonds is 4. The van der Waals surface area contributed by atoms with Gasteiger partial charge in [0, 0.05) is 23.5 Å². The van der Waals surface area contributed by atoms with Crippen LogP contribution < -0.4 is 5.73 Å². The second-order valence-electron chi connectivity index (χ2n) is 3.67. The first-order chi connectivity index (χ1) is 8.11. The Morgan fingerprint density at radius 1 is 1.62 bits per heavy atom. The smallest absolute Gasteiger partial charge is 0.320 e. The maximum absolute atomic E-state index is 10.7. The fourth-order valence-electron chi connectivity index (χ4n) is 1.65. The first-order valence-corrected chi connectivity index (χ1v) is 4.83. The summed E-state index contributed by atoms with van der Waals surface area (Å²) in [5.41, 5.74) is 7.15. The van der Waals surface area contributed by atoms with Gasteiger partial charge in [0.2, 0.25) is 0 Å². The highest BCUT2D eigenvalue weighted by molar-refractivity contribution is 5.85. The van der Waals surface area contributed by atoms with Crippen LogP contribution >= 0.6 is 0 Å². The van der Waals surface area contributed by atoms with Crippen molar-refractivity contribution in [2.45, 2.75) is 12.5 Å². The van der Waals surface area contributed by atoms with Crippen LogP contribution in [0.3, 0.4) is 0 Å². The minimum atomic E-state index is -1.03. The van der Waals surface area contributed by atoms with Gasteiger partial charge in [-0.05, 0) is 23.8 Å². The zero-order valence-corrected chi connectivity index (χ0v) is 8.43. The van der Waals surface area contributed by atoms with E-state index in [-0.39, 0.29) is 6.42 Å². The molecular weight excluding hydrogens is 208 g/mol. The molecule has 2 aromatic rings. The highest BCUT2D eigenvalue weighted by atomic mass is 16.4. The molecule has 5 heteroatoms. The molecule has 0 aliphatic carbocycles. The van der Waals surface area contributed by atoms with Gasteiger partial charge in [-0.15, -0.1) is 0 Å². The van der Waals surface area contributed by atoms with Crippen molar-refractivity contribution >= 4 is 16.9 Å². The maximum atomic E-state index is 10.7. The van der Waals surface area contributed by atoms with E-state index in [0.717, 1.165) is 16.5 Å². The van der Waals surface area contributed by atoms with Gasteiger partial charge in [0.1, 0.15) is 11.8 Å². The highest BCUT2D eigenvalue weighted by Gasteiger charge is 2.14. The fourth-order valence-corrected chi connectivity index (χ4v) is 1.65. The molecule has 1 heterocycles. The molecule has 0 aliphatic heterocycles. The van der Waals surface area contributed by atoms with E-state index in [1.54, 1.807) is 24.4 Å². The molecule has 0 radical (unpaired) electrons. The normalized spacial score (nSPS) is 13.4.